The van der Waals surface area contributed by atoms with E-state index in [2.05, 4.69) is 46.1 Å². The smallest absolute Gasteiger partial charge is 0.255 e. The maximum absolute atomic E-state index is 14.0. The summed E-state index contributed by atoms with van der Waals surface area (Å²) in [6, 6.07) is 24.6. The zero-order chi connectivity index (χ0) is 53.8. The number of hydrogen-bond donors (Lipinski definition) is 5. The Morgan fingerprint density at radius 3 is 2.28 bits per heavy atom. The van der Waals surface area contributed by atoms with Crippen molar-refractivity contribution in [1.82, 2.24) is 45.3 Å². The van der Waals surface area contributed by atoms with Gasteiger partial charge in [0, 0.05) is 93.3 Å². The summed E-state index contributed by atoms with van der Waals surface area (Å²) in [6.07, 6.45) is 4.32. The van der Waals surface area contributed by atoms with E-state index >= 15 is 0 Å². The Bertz CT molecular complexity index is 2960. The Morgan fingerprint density at radius 2 is 1.58 bits per heavy atom. The van der Waals surface area contributed by atoms with Gasteiger partial charge in [-0.05, 0) is 84.0 Å². The molecule has 8 rings (SSSR count). The summed E-state index contributed by atoms with van der Waals surface area (Å²) in [5, 5.41) is 22.6. The molecule has 0 aliphatic carbocycles. The van der Waals surface area contributed by atoms with Crippen molar-refractivity contribution in [2.24, 2.45) is 5.41 Å². The van der Waals surface area contributed by atoms with E-state index in [1.807, 2.05) is 107 Å². The van der Waals surface area contributed by atoms with Crippen LogP contribution in [0, 0.1) is 19.3 Å². The van der Waals surface area contributed by atoms with Gasteiger partial charge in [-0.1, -0.05) is 63.2 Å². The van der Waals surface area contributed by atoms with Crippen molar-refractivity contribution in [2.75, 3.05) is 69.8 Å². The van der Waals surface area contributed by atoms with Gasteiger partial charge in [0.2, 0.25) is 29.6 Å². The SMILES string of the molecule is Cc1ccc(NC(=O)c2ccc(CN3CCN(C(=O)COCCOCC(=O)N[C@H](C(=O)N4CC(O)CC4C(=O)NCc4ccc(-c5scnc5C)cc4)C(C)(C)C)CC3)cc2)cc1Nc1nccc(-c2cccnc2)n1. The molecular weight excluding hydrogens is 987 g/mol. The van der Waals surface area contributed by atoms with Gasteiger partial charge >= 0.3 is 0 Å². The minimum Gasteiger partial charge on any atom is -0.391 e. The van der Waals surface area contributed by atoms with Crippen LogP contribution in [-0.4, -0.2) is 147 Å². The van der Waals surface area contributed by atoms with Crippen LogP contribution in [0.25, 0.3) is 21.7 Å². The molecule has 2 aliphatic heterocycles. The van der Waals surface area contributed by atoms with Crippen molar-refractivity contribution in [1.29, 1.82) is 0 Å². The molecular formula is C56H65N11O8S. The van der Waals surface area contributed by atoms with Crippen molar-refractivity contribution in [2.45, 2.75) is 72.3 Å². The quantitative estimate of drug-likeness (QED) is 0.0573. The van der Waals surface area contributed by atoms with E-state index in [0.29, 0.717) is 49.9 Å². The number of thiazole rings is 1. The molecule has 5 amide bonds. The van der Waals surface area contributed by atoms with Crippen molar-refractivity contribution < 1.29 is 38.6 Å². The molecule has 76 heavy (non-hydrogen) atoms. The van der Waals surface area contributed by atoms with Gasteiger partial charge in [-0.3, -0.25) is 33.9 Å². The molecule has 398 valence electrons. The maximum Gasteiger partial charge on any atom is 0.255 e. The number of aryl methyl sites for hydroxylation is 2. The van der Waals surface area contributed by atoms with Crippen LogP contribution < -0.4 is 21.3 Å². The lowest BCUT2D eigenvalue weighted by molar-refractivity contribution is -0.144. The fraction of sp³-hybridized carbons (Fsp3) is 0.375. The molecule has 6 aromatic rings. The fourth-order valence-electron chi connectivity index (χ4n) is 8.94. The van der Waals surface area contributed by atoms with Crippen LogP contribution in [0.5, 0.6) is 0 Å². The summed E-state index contributed by atoms with van der Waals surface area (Å²) >= 11 is 1.56. The molecule has 20 heteroatoms. The molecule has 19 nitrogen and oxygen atoms in total. The Balaban J connectivity index is 0.710. The van der Waals surface area contributed by atoms with Crippen molar-refractivity contribution in [3.63, 3.8) is 0 Å². The zero-order valence-corrected chi connectivity index (χ0v) is 44.3. The highest BCUT2D eigenvalue weighted by Gasteiger charge is 2.44. The average molecular weight is 1050 g/mol. The number of likely N-dealkylation sites (tertiary alicyclic amines) is 1. The Hall–Kier alpha value is -7.49. The Labute approximate surface area is 446 Å². The number of ether oxygens (including phenoxy) is 2. The third-order valence-corrected chi connectivity index (χ3v) is 14.2. The molecule has 2 fully saturated rings. The van der Waals surface area contributed by atoms with Crippen LogP contribution in [0.4, 0.5) is 17.3 Å². The van der Waals surface area contributed by atoms with Gasteiger partial charge in [-0.15, -0.1) is 11.3 Å². The van der Waals surface area contributed by atoms with E-state index in [1.54, 1.807) is 52.5 Å². The van der Waals surface area contributed by atoms with Gasteiger partial charge in [0.1, 0.15) is 25.3 Å². The number of nitrogens with one attached hydrogen (secondary N) is 4. The number of aromatic nitrogens is 4. The maximum atomic E-state index is 14.0. The lowest BCUT2D eigenvalue weighted by Crippen LogP contribution is -2.58. The van der Waals surface area contributed by atoms with Gasteiger partial charge in [-0.25, -0.2) is 15.0 Å². The number of rotatable bonds is 20. The second-order valence-corrected chi connectivity index (χ2v) is 20.9. The van der Waals surface area contributed by atoms with Crippen molar-refractivity contribution in [3.05, 3.63) is 137 Å². The van der Waals surface area contributed by atoms with Crippen molar-refractivity contribution >= 4 is 58.2 Å². The van der Waals surface area contributed by atoms with E-state index in [4.69, 9.17) is 9.47 Å². The Morgan fingerprint density at radius 1 is 0.842 bits per heavy atom. The number of nitrogens with zero attached hydrogens (tertiary/aromatic N) is 7. The lowest BCUT2D eigenvalue weighted by atomic mass is 9.85. The van der Waals surface area contributed by atoms with E-state index < -0.39 is 35.4 Å². The van der Waals surface area contributed by atoms with Gasteiger partial charge in [0.25, 0.3) is 5.91 Å². The first-order valence-corrected chi connectivity index (χ1v) is 26.2. The lowest BCUT2D eigenvalue weighted by Gasteiger charge is -2.35. The van der Waals surface area contributed by atoms with E-state index in [1.165, 1.54) is 4.90 Å². The number of benzene rings is 3. The first kappa shape index (κ1) is 54.8. The fourth-order valence-corrected chi connectivity index (χ4v) is 9.76. The van der Waals surface area contributed by atoms with Crippen LogP contribution >= 0.6 is 11.3 Å². The third kappa shape index (κ3) is 14.7. The van der Waals surface area contributed by atoms with Crippen molar-refractivity contribution in [3.8, 4) is 21.7 Å². The number of carbonyl (C=O) groups excluding carboxylic acids is 5. The number of β-amino-alcohol motifs (C(OH)–C–C–N with tert-alkyl or cyclic N) is 1. The first-order valence-electron chi connectivity index (χ1n) is 25.3. The highest BCUT2D eigenvalue weighted by molar-refractivity contribution is 7.13. The Kier molecular flexibility index (Phi) is 18.3. The predicted molar refractivity (Wildman–Crippen MR) is 289 cm³/mol. The minimum absolute atomic E-state index is 0.0393. The highest BCUT2D eigenvalue weighted by Crippen LogP contribution is 2.29. The number of aliphatic hydroxyl groups excluding tert-OH is 1. The zero-order valence-electron chi connectivity index (χ0n) is 43.5. The normalized spacial score (nSPS) is 16.2. The topological polar surface area (TPSA) is 233 Å². The molecule has 0 radical (unpaired) electrons. The number of pyridine rings is 1. The molecule has 2 unspecified atom stereocenters. The van der Waals surface area contributed by atoms with E-state index in [-0.39, 0.29) is 63.7 Å². The number of anilines is 3. The third-order valence-electron chi connectivity index (χ3n) is 13.2. The summed E-state index contributed by atoms with van der Waals surface area (Å²) in [4.78, 5) is 90.8. The molecule has 5 N–H and O–H groups in total. The highest BCUT2D eigenvalue weighted by atomic mass is 32.1. The first-order chi connectivity index (χ1) is 36.6. The molecule has 3 aromatic heterocycles. The number of aliphatic hydroxyl groups is 1. The number of amides is 5. The van der Waals surface area contributed by atoms with Gasteiger partial charge in [0.15, 0.2) is 0 Å². The van der Waals surface area contributed by atoms with Crippen LogP contribution in [0.15, 0.2) is 109 Å². The van der Waals surface area contributed by atoms with Gasteiger partial charge < -0.3 is 45.6 Å². The number of piperazine rings is 1. The number of carbonyl (C=O) groups is 5. The van der Waals surface area contributed by atoms with E-state index in [9.17, 15) is 29.1 Å². The molecule has 3 atom stereocenters. The second-order valence-electron chi connectivity index (χ2n) is 20.0. The van der Waals surface area contributed by atoms with Crippen LogP contribution in [-0.2, 0) is 41.7 Å². The summed E-state index contributed by atoms with van der Waals surface area (Å²) in [7, 11) is 0. The predicted octanol–water partition coefficient (Wildman–Crippen LogP) is 5.76. The summed E-state index contributed by atoms with van der Waals surface area (Å²) in [5.41, 5.74) is 9.46. The largest absolute Gasteiger partial charge is 0.391 e. The molecule has 0 bridgehead atoms. The summed E-state index contributed by atoms with van der Waals surface area (Å²) < 4.78 is 11.2. The minimum atomic E-state index is -1.00. The molecule has 5 heterocycles. The van der Waals surface area contributed by atoms with Gasteiger partial charge in [-0.2, -0.15) is 0 Å². The molecule has 2 aliphatic rings. The van der Waals surface area contributed by atoms with Crippen LogP contribution in [0.3, 0.4) is 0 Å². The molecule has 3 aromatic carbocycles. The van der Waals surface area contributed by atoms with Crippen LogP contribution in [0.1, 0.15) is 59.9 Å². The second kappa shape index (κ2) is 25.4. The van der Waals surface area contributed by atoms with E-state index in [0.717, 1.165) is 49.8 Å². The van der Waals surface area contributed by atoms with Crippen LogP contribution in [0.2, 0.25) is 0 Å². The number of hydrogen-bond acceptors (Lipinski definition) is 15. The standard InChI is InChI=1S/C56H65N11O8S/c1-36-8-17-43(27-46(36)63-55-58-20-18-45(62-55)42-7-6-19-57-30-42)61-52(71)41-15-11-39(12-16-41)31-65-21-23-66(24-22-65)49(70)34-75-26-25-74-33-48(69)64-51(56(3,4)5)54(73)67-32-44(68)28-47(67)53(72)59-29-38-9-13-40(14-10-38)50-37(2)60-35-76-50/h6-20,27,30,35,44,47,51,68H,21-26,28-29,31-34H2,1-5H3,(H,59,72)(H,61,71)(H,64,69)(H,58,62,63)/t44?,47?,51-/m1/s1. The molecule has 0 spiro atoms. The summed E-state index contributed by atoms with van der Waals surface area (Å²) in [6.45, 7) is 12.3. The average Bonchev–Trinajstić information content (AvgIpc) is 4.04. The molecule has 0 saturated carbocycles. The monoisotopic (exact) mass is 1050 g/mol. The summed E-state index contributed by atoms with van der Waals surface area (Å²) in [5.74, 6) is -1.35. The van der Waals surface area contributed by atoms with Gasteiger partial charge in [0.05, 0.1) is 41.1 Å². The molecule has 2 saturated heterocycles.